The van der Waals surface area contributed by atoms with E-state index >= 15 is 0 Å². The maximum atomic E-state index is 12.5. The number of hydrogen-bond donors (Lipinski definition) is 0. The monoisotopic (exact) mass is 358 g/mol. The molecule has 0 atom stereocenters. The molecule has 0 fully saturated rings. The Balaban J connectivity index is 1.92. The Bertz CT molecular complexity index is 426. The van der Waals surface area contributed by atoms with E-state index in [1.807, 2.05) is 6.92 Å². The number of halogens is 3. The van der Waals surface area contributed by atoms with Crippen LogP contribution in [0.1, 0.15) is 82.3 Å². The van der Waals surface area contributed by atoms with Crippen molar-refractivity contribution in [3.05, 3.63) is 35.4 Å². The lowest BCUT2D eigenvalue weighted by Gasteiger charge is -2.07. The number of aryl methyl sites for hydroxylation is 1. The fraction of sp³-hybridized carbons (Fsp3) is 0.714. The van der Waals surface area contributed by atoms with Gasteiger partial charge in [0, 0.05) is 13.2 Å². The molecule has 1 rings (SSSR count). The van der Waals surface area contributed by atoms with Gasteiger partial charge >= 0.3 is 6.18 Å². The average molecular weight is 358 g/mol. The van der Waals surface area contributed by atoms with Crippen LogP contribution in [0.2, 0.25) is 0 Å². The number of unbranched alkanes of at least 4 members (excludes halogenated alkanes) is 9. The van der Waals surface area contributed by atoms with E-state index < -0.39 is 11.7 Å². The third-order valence-corrected chi connectivity index (χ3v) is 4.49. The Kier molecular flexibility index (Phi) is 11.6. The highest BCUT2D eigenvalue weighted by atomic mass is 19.4. The van der Waals surface area contributed by atoms with Gasteiger partial charge in [-0.1, -0.05) is 63.5 Å². The summed E-state index contributed by atoms with van der Waals surface area (Å²) in [5.41, 5.74) is 0.439. The molecule has 0 amide bonds. The molecule has 0 heterocycles. The summed E-state index contributed by atoms with van der Waals surface area (Å²) in [7, 11) is 0. The molecule has 0 saturated heterocycles. The quantitative estimate of drug-likeness (QED) is 0.320. The van der Waals surface area contributed by atoms with Gasteiger partial charge in [0.05, 0.1) is 5.56 Å². The van der Waals surface area contributed by atoms with Gasteiger partial charge in [0.2, 0.25) is 0 Å². The van der Waals surface area contributed by atoms with Crippen molar-refractivity contribution in [2.24, 2.45) is 0 Å². The first-order valence-electron chi connectivity index (χ1n) is 9.78. The van der Waals surface area contributed by atoms with Gasteiger partial charge in [0.1, 0.15) is 0 Å². The maximum absolute atomic E-state index is 12.5. The molecule has 144 valence electrons. The van der Waals surface area contributed by atoms with Crippen molar-refractivity contribution in [3.8, 4) is 0 Å². The number of hydrogen-bond acceptors (Lipinski definition) is 1. The van der Waals surface area contributed by atoms with Gasteiger partial charge in [-0.15, -0.1) is 0 Å². The summed E-state index contributed by atoms with van der Waals surface area (Å²) in [4.78, 5) is 0. The van der Waals surface area contributed by atoms with E-state index in [4.69, 9.17) is 4.74 Å². The summed E-state index contributed by atoms with van der Waals surface area (Å²) >= 11 is 0. The molecule has 0 aliphatic carbocycles. The minimum Gasteiger partial charge on any atom is -0.382 e. The molecule has 25 heavy (non-hydrogen) atoms. The summed E-state index contributed by atoms with van der Waals surface area (Å²) in [5.74, 6) is 0. The second kappa shape index (κ2) is 13.2. The fourth-order valence-corrected chi connectivity index (χ4v) is 2.95. The molecule has 0 aromatic heterocycles. The molecule has 0 aliphatic rings. The van der Waals surface area contributed by atoms with Crippen LogP contribution in [0, 0.1) is 0 Å². The van der Waals surface area contributed by atoms with Gasteiger partial charge in [0.15, 0.2) is 0 Å². The zero-order valence-corrected chi connectivity index (χ0v) is 15.5. The zero-order chi connectivity index (χ0) is 18.4. The van der Waals surface area contributed by atoms with Crippen molar-refractivity contribution in [2.45, 2.75) is 83.7 Å². The fourth-order valence-electron chi connectivity index (χ4n) is 2.95. The largest absolute Gasteiger partial charge is 0.416 e. The summed E-state index contributed by atoms with van der Waals surface area (Å²) in [6.07, 6.45) is 9.04. The number of rotatable bonds is 14. The van der Waals surface area contributed by atoms with Gasteiger partial charge < -0.3 is 4.74 Å². The molecule has 1 aromatic carbocycles. The summed E-state index contributed by atoms with van der Waals surface area (Å²) < 4.78 is 42.8. The molecular weight excluding hydrogens is 325 g/mol. The molecule has 0 radical (unpaired) electrons. The van der Waals surface area contributed by atoms with Gasteiger partial charge in [-0.25, -0.2) is 0 Å². The van der Waals surface area contributed by atoms with Crippen molar-refractivity contribution in [1.82, 2.24) is 0 Å². The lowest BCUT2D eigenvalue weighted by atomic mass is 10.0. The predicted octanol–water partition coefficient (Wildman–Crippen LogP) is 7.19. The minimum absolute atomic E-state index is 0.561. The van der Waals surface area contributed by atoms with Crippen LogP contribution in [0.3, 0.4) is 0 Å². The van der Waals surface area contributed by atoms with Gasteiger partial charge in [-0.3, -0.25) is 0 Å². The first-order valence-corrected chi connectivity index (χ1v) is 9.78. The van der Waals surface area contributed by atoms with Gasteiger partial charge in [-0.2, -0.15) is 13.2 Å². The van der Waals surface area contributed by atoms with E-state index in [1.54, 1.807) is 12.1 Å². The molecule has 0 bridgehead atoms. The summed E-state index contributed by atoms with van der Waals surface area (Å²) in [6, 6.07) is 5.58. The predicted molar refractivity (Wildman–Crippen MR) is 97.8 cm³/mol. The highest BCUT2D eigenvalue weighted by Gasteiger charge is 2.29. The van der Waals surface area contributed by atoms with Crippen LogP contribution in [0.25, 0.3) is 0 Å². The van der Waals surface area contributed by atoms with Crippen LogP contribution in [-0.4, -0.2) is 13.2 Å². The van der Waals surface area contributed by atoms with Crippen molar-refractivity contribution >= 4 is 0 Å². The molecule has 0 spiro atoms. The van der Waals surface area contributed by atoms with E-state index in [0.717, 1.165) is 38.0 Å². The first kappa shape index (κ1) is 22.0. The first-order chi connectivity index (χ1) is 12.0. The van der Waals surface area contributed by atoms with Crippen molar-refractivity contribution in [2.75, 3.05) is 13.2 Å². The van der Waals surface area contributed by atoms with Crippen molar-refractivity contribution < 1.29 is 17.9 Å². The third kappa shape index (κ3) is 11.2. The highest BCUT2D eigenvalue weighted by Crippen LogP contribution is 2.29. The number of ether oxygens (including phenoxy) is 1. The molecule has 1 nitrogen and oxygen atoms in total. The van der Waals surface area contributed by atoms with Crippen LogP contribution < -0.4 is 0 Å². The normalized spacial score (nSPS) is 11.8. The Morgan fingerprint density at radius 3 is 1.68 bits per heavy atom. The van der Waals surface area contributed by atoms with Crippen LogP contribution >= 0.6 is 0 Å². The molecule has 0 unspecified atom stereocenters. The SMILES string of the molecule is CCOCCCCCCCCCCCCc1ccc(C(F)(F)F)cc1. The van der Waals surface area contributed by atoms with E-state index in [-0.39, 0.29) is 0 Å². The molecule has 0 N–H and O–H groups in total. The molecule has 0 aliphatic heterocycles. The smallest absolute Gasteiger partial charge is 0.382 e. The van der Waals surface area contributed by atoms with Crippen molar-refractivity contribution in [1.29, 1.82) is 0 Å². The minimum atomic E-state index is -4.23. The Labute approximate surface area is 151 Å². The second-order valence-electron chi connectivity index (χ2n) is 6.68. The van der Waals surface area contributed by atoms with E-state index in [2.05, 4.69) is 0 Å². The van der Waals surface area contributed by atoms with Crippen LogP contribution in [-0.2, 0) is 17.3 Å². The van der Waals surface area contributed by atoms with Crippen molar-refractivity contribution in [3.63, 3.8) is 0 Å². The standard InChI is InChI=1S/C21H33F3O/c1-2-25-18-12-10-8-6-4-3-5-7-9-11-13-19-14-16-20(17-15-19)21(22,23)24/h14-17H,2-13,18H2,1H3. The molecule has 0 saturated carbocycles. The molecule has 1 aromatic rings. The van der Waals surface area contributed by atoms with Gasteiger partial charge in [0.25, 0.3) is 0 Å². The molecule has 4 heteroatoms. The Hall–Kier alpha value is -1.03. The second-order valence-corrected chi connectivity index (χ2v) is 6.68. The third-order valence-electron chi connectivity index (χ3n) is 4.49. The van der Waals surface area contributed by atoms with E-state index in [9.17, 15) is 13.2 Å². The maximum Gasteiger partial charge on any atom is 0.416 e. The van der Waals surface area contributed by atoms with Gasteiger partial charge in [-0.05, 0) is 43.9 Å². The summed E-state index contributed by atoms with van der Waals surface area (Å²) in [5, 5.41) is 0. The number of benzene rings is 1. The Morgan fingerprint density at radius 2 is 1.20 bits per heavy atom. The highest BCUT2D eigenvalue weighted by molar-refractivity contribution is 5.24. The topological polar surface area (TPSA) is 9.23 Å². The van der Waals surface area contributed by atoms with Crippen LogP contribution in [0.15, 0.2) is 24.3 Å². The summed E-state index contributed by atoms with van der Waals surface area (Å²) in [6.45, 7) is 3.75. The average Bonchev–Trinajstić information content (AvgIpc) is 2.58. The lowest BCUT2D eigenvalue weighted by molar-refractivity contribution is -0.137. The molecular formula is C21H33F3O. The van der Waals surface area contributed by atoms with Crippen LogP contribution in [0.5, 0.6) is 0 Å². The number of alkyl halides is 3. The van der Waals surface area contributed by atoms with E-state index in [0.29, 0.717) is 0 Å². The Morgan fingerprint density at radius 1 is 0.720 bits per heavy atom. The van der Waals surface area contributed by atoms with Crippen LogP contribution in [0.4, 0.5) is 13.2 Å². The van der Waals surface area contributed by atoms with E-state index in [1.165, 1.54) is 63.5 Å². The zero-order valence-electron chi connectivity index (χ0n) is 15.5. The lowest BCUT2D eigenvalue weighted by Crippen LogP contribution is -2.04.